The van der Waals surface area contributed by atoms with E-state index in [1.54, 1.807) is 12.1 Å². The molecule has 1 heterocycles. The average molecular weight is 290 g/mol. The highest BCUT2D eigenvalue weighted by atomic mass is 35.5. The molecule has 104 valence electrons. The van der Waals surface area contributed by atoms with Gasteiger partial charge in [0.05, 0.1) is 0 Å². The van der Waals surface area contributed by atoms with Crippen molar-refractivity contribution in [2.45, 2.75) is 19.3 Å². The smallest absolute Gasteiger partial charge is 0.271 e. The minimum Gasteiger partial charge on any atom is -0.351 e. The van der Waals surface area contributed by atoms with Gasteiger partial charge in [-0.25, -0.2) is 0 Å². The Kier molecular flexibility index (Phi) is 5.07. The van der Waals surface area contributed by atoms with Crippen molar-refractivity contribution in [2.24, 2.45) is 0 Å². The Bertz CT molecular complexity index is 557. The van der Waals surface area contributed by atoms with Gasteiger partial charge in [0.25, 0.3) is 5.91 Å². The van der Waals surface area contributed by atoms with Crippen LogP contribution in [0.1, 0.15) is 35.3 Å². The van der Waals surface area contributed by atoms with Crippen LogP contribution >= 0.6 is 11.6 Å². The van der Waals surface area contributed by atoms with E-state index in [1.807, 2.05) is 18.2 Å². The average Bonchev–Trinajstić information content (AvgIpc) is 2.48. The molecule has 0 spiro atoms. The monoisotopic (exact) mass is 289 g/mol. The summed E-state index contributed by atoms with van der Waals surface area (Å²) in [6, 6.07) is 13.3. The van der Waals surface area contributed by atoms with E-state index in [0.29, 0.717) is 12.5 Å². The Hall–Kier alpha value is -1.94. The van der Waals surface area contributed by atoms with Gasteiger partial charge in [-0.05, 0) is 30.0 Å². The van der Waals surface area contributed by atoms with E-state index in [2.05, 4.69) is 34.6 Å². The molecule has 0 radical (unpaired) electrons. The van der Waals surface area contributed by atoms with Crippen LogP contribution in [-0.2, 0) is 0 Å². The maximum atomic E-state index is 11.8. The molecular formula is C15H16ClN3O. The number of hydrogen-bond donors (Lipinski definition) is 1. The summed E-state index contributed by atoms with van der Waals surface area (Å²) >= 11 is 5.62. The first-order chi connectivity index (χ1) is 9.66. The Morgan fingerprint density at radius 2 is 1.95 bits per heavy atom. The molecule has 0 aliphatic rings. The fourth-order valence-electron chi connectivity index (χ4n) is 1.88. The van der Waals surface area contributed by atoms with E-state index < -0.39 is 0 Å². The molecule has 1 N–H and O–H groups in total. The maximum absolute atomic E-state index is 11.8. The molecule has 0 saturated heterocycles. The maximum Gasteiger partial charge on any atom is 0.271 e. The first-order valence-corrected chi connectivity index (χ1v) is 6.87. The van der Waals surface area contributed by atoms with Crippen LogP contribution in [0.2, 0.25) is 5.15 Å². The zero-order valence-corrected chi connectivity index (χ0v) is 12.0. The lowest BCUT2D eigenvalue weighted by molar-refractivity contribution is 0.0946. The minimum atomic E-state index is -0.227. The summed E-state index contributed by atoms with van der Waals surface area (Å²) in [4.78, 5) is 11.8. The standard InChI is InChI=1S/C15H16ClN3O/c1-11(12-5-3-2-4-6-12)9-10-17-15(20)13-7-8-14(16)19-18-13/h2-8,11H,9-10H2,1H3,(H,17,20). The van der Waals surface area contributed by atoms with E-state index in [-0.39, 0.29) is 16.8 Å². The molecule has 1 amide bonds. The second-order valence-electron chi connectivity index (χ2n) is 4.60. The van der Waals surface area contributed by atoms with Crippen LogP contribution in [0.5, 0.6) is 0 Å². The summed E-state index contributed by atoms with van der Waals surface area (Å²) in [5, 5.41) is 10.5. The molecule has 2 rings (SSSR count). The number of amides is 1. The van der Waals surface area contributed by atoms with E-state index in [9.17, 15) is 4.79 Å². The molecule has 1 aromatic carbocycles. The fourth-order valence-corrected chi connectivity index (χ4v) is 1.98. The van der Waals surface area contributed by atoms with Crippen LogP contribution in [0.3, 0.4) is 0 Å². The van der Waals surface area contributed by atoms with Crippen molar-refractivity contribution in [3.8, 4) is 0 Å². The molecule has 4 nitrogen and oxygen atoms in total. The van der Waals surface area contributed by atoms with Gasteiger partial charge in [0, 0.05) is 6.54 Å². The molecule has 1 aromatic heterocycles. The highest BCUT2D eigenvalue weighted by molar-refractivity contribution is 6.29. The molecule has 2 aromatic rings. The van der Waals surface area contributed by atoms with Crippen molar-refractivity contribution in [2.75, 3.05) is 6.54 Å². The van der Waals surface area contributed by atoms with Crippen LogP contribution < -0.4 is 5.32 Å². The lowest BCUT2D eigenvalue weighted by Crippen LogP contribution is -2.26. The van der Waals surface area contributed by atoms with Crippen molar-refractivity contribution < 1.29 is 4.79 Å². The zero-order valence-electron chi connectivity index (χ0n) is 11.2. The first-order valence-electron chi connectivity index (χ1n) is 6.49. The normalized spacial score (nSPS) is 11.9. The third kappa shape index (κ3) is 4.03. The highest BCUT2D eigenvalue weighted by Crippen LogP contribution is 2.17. The topological polar surface area (TPSA) is 54.9 Å². The summed E-state index contributed by atoms with van der Waals surface area (Å²) in [6.07, 6.45) is 0.872. The second kappa shape index (κ2) is 7.01. The van der Waals surface area contributed by atoms with Crippen molar-refractivity contribution in [3.05, 3.63) is 58.9 Å². The number of carbonyl (C=O) groups is 1. The van der Waals surface area contributed by atoms with Gasteiger partial charge < -0.3 is 5.32 Å². The van der Waals surface area contributed by atoms with Gasteiger partial charge >= 0.3 is 0 Å². The van der Waals surface area contributed by atoms with Crippen molar-refractivity contribution in [1.29, 1.82) is 0 Å². The number of halogens is 1. The predicted molar refractivity (Wildman–Crippen MR) is 78.8 cm³/mol. The molecule has 5 heteroatoms. The number of aromatic nitrogens is 2. The van der Waals surface area contributed by atoms with Gasteiger partial charge in [-0.1, -0.05) is 48.9 Å². The van der Waals surface area contributed by atoms with Crippen LogP contribution in [0.15, 0.2) is 42.5 Å². The van der Waals surface area contributed by atoms with E-state index in [4.69, 9.17) is 11.6 Å². The number of carbonyl (C=O) groups excluding carboxylic acids is 1. The third-order valence-corrected chi connectivity index (χ3v) is 3.30. The Balaban J connectivity index is 1.81. The van der Waals surface area contributed by atoms with Gasteiger partial charge in [-0.2, -0.15) is 0 Å². The SMILES string of the molecule is CC(CCNC(=O)c1ccc(Cl)nn1)c1ccccc1. The van der Waals surface area contributed by atoms with Crippen molar-refractivity contribution in [3.63, 3.8) is 0 Å². The van der Waals surface area contributed by atoms with Crippen molar-refractivity contribution in [1.82, 2.24) is 15.5 Å². The molecule has 0 saturated carbocycles. The molecule has 20 heavy (non-hydrogen) atoms. The van der Waals surface area contributed by atoms with E-state index in [1.165, 1.54) is 5.56 Å². The summed E-state index contributed by atoms with van der Waals surface area (Å²) in [6.45, 7) is 2.74. The van der Waals surface area contributed by atoms with Crippen LogP contribution in [0, 0.1) is 0 Å². The van der Waals surface area contributed by atoms with Gasteiger partial charge in [0.1, 0.15) is 0 Å². The lowest BCUT2D eigenvalue weighted by Gasteiger charge is -2.12. The summed E-state index contributed by atoms with van der Waals surface area (Å²) in [7, 11) is 0. The predicted octanol–water partition coefficient (Wildman–Crippen LogP) is 3.05. The zero-order chi connectivity index (χ0) is 14.4. The molecular weight excluding hydrogens is 274 g/mol. The highest BCUT2D eigenvalue weighted by Gasteiger charge is 2.09. The minimum absolute atomic E-state index is 0.227. The van der Waals surface area contributed by atoms with Crippen molar-refractivity contribution >= 4 is 17.5 Å². The lowest BCUT2D eigenvalue weighted by atomic mass is 9.98. The number of benzene rings is 1. The molecule has 1 atom stereocenters. The van der Waals surface area contributed by atoms with Crippen LogP contribution in [0.4, 0.5) is 0 Å². The largest absolute Gasteiger partial charge is 0.351 e. The number of rotatable bonds is 5. The molecule has 0 fully saturated rings. The van der Waals surface area contributed by atoms with Crippen LogP contribution in [0.25, 0.3) is 0 Å². The summed E-state index contributed by atoms with van der Waals surface area (Å²) in [5.74, 6) is 0.169. The quantitative estimate of drug-likeness (QED) is 0.920. The van der Waals surface area contributed by atoms with Gasteiger partial charge in [-0.3, -0.25) is 4.79 Å². The molecule has 0 bridgehead atoms. The Labute approximate surface area is 123 Å². The Morgan fingerprint density at radius 3 is 2.60 bits per heavy atom. The molecule has 1 unspecified atom stereocenters. The number of nitrogens with one attached hydrogen (secondary N) is 1. The van der Waals surface area contributed by atoms with Gasteiger partial charge in [0.15, 0.2) is 10.8 Å². The molecule has 0 aliphatic carbocycles. The Morgan fingerprint density at radius 1 is 1.20 bits per heavy atom. The molecule has 0 aliphatic heterocycles. The number of hydrogen-bond acceptors (Lipinski definition) is 3. The van der Waals surface area contributed by atoms with Gasteiger partial charge in [-0.15, -0.1) is 10.2 Å². The second-order valence-corrected chi connectivity index (χ2v) is 4.98. The van der Waals surface area contributed by atoms with E-state index in [0.717, 1.165) is 6.42 Å². The number of nitrogens with zero attached hydrogens (tertiary/aromatic N) is 2. The van der Waals surface area contributed by atoms with E-state index >= 15 is 0 Å². The summed E-state index contributed by atoms with van der Waals surface area (Å²) < 4.78 is 0. The summed E-state index contributed by atoms with van der Waals surface area (Å²) in [5.41, 5.74) is 1.55. The van der Waals surface area contributed by atoms with Gasteiger partial charge in [0.2, 0.25) is 0 Å². The fraction of sp³-hybridized carbons (Fsp3) is 0.267. The third-order valence-electron chi connectivity index (χ3n) is 3.10. The van der Waals surface area contributed by atoms with Crippen LogP contribution in [-0.4, -0.2) is 22.6 Å². The first kappa shape index (κ1) is 14.5.